The van der Waals surface area contributed by atoms with Crippen molar-refractivity contribution in [2.24, 2.45) is 5.41 Å². The molecule has 2 rings (SSSR count). The number of Topliss-reactive ketones (excluding diaryl/α,β-unsaturated/α-hetero) is 1. The van der Waals surface area contributed by atoms with Gasteiger partial charge in [0.2, 0.25) is 0 Å². The molecule has 0 aliphatic heterocycles. The van der Waals surface area contributed by atoms with Crippen LogP contribution in [0.4, 0.5) is 5.69 Å². The number of ketones is 1. The fraction of sp³-hybridized carbons (Fsp3) is 0.467. The predicted molar refractivity (Wildman–Crippen MR) is 79.9 cm³/mol. The van der Waals surface area contributed by atoms with Crippen LogP contribution < -0.4 is 5.73 Å². The number of hydrogen-bond donors (Lipinski definition) is 1. The van der Waals surface area contributed by atoms with Crippen LogP contribution in [-0.4, -0.2) is 24.6 Å². The fourth-order valence-corrected chi connectivity index (χ4v) is 3.32. The maximum atomic E-state index is 11.5. The zero-order chi connectivity index (χ0) is 14.8. The van der Waals surface area contributed by atoms with E-state index in [-0.39, 0.29) is 17.2 Å². The number of thioether (sulfide) groups is 1. The summed E-state index contributed by atoms with van der Waals surface area (Å²) in [5.74, 6) is 0.689. The van der Waals surface area contributed by atoms with Crippen molar-refractivity contribution in [3.8, 4) is 0 Å². The molecule has 0 saturated heterocycles. The average Bonchev–Trinajstić information content (AvgIpc) is 3.17. The number of carbonyl (C=O) groups is 2. The molecule has 108 valence electrons. The molecule has 1 aliphatic carbocycles. The maximum absolute atomic E-state index is 11.5. The molecule has 4 nitrogen and oxygen atoms in total. The number of esters is 1. The van der Waals surface area contributed by atoms with Gasteiger partial charge in [-0.2, -0.15) is 0 Å². The second kappa shape index (κ2) is 5.87. The minimum atomic E-state index is -0.148. The molecule has 0 atom stereocenters. The highest BCUT2D eigenvalue weighted by Crippen LogP contribution is 2.52. The summed E-state index contributed by atoms with van der Waals surface area (Å²) in [5, 5.41) is 0. The van der Waals surface area contributed by atoms with Crippen LogP contribution in [0.1, 0.15) is 36.5 Å². The predicted octanol–water partition coefficient (Wildman–Crippen LogP) is 2.91. The van der Waals surface area contributed by atoms with Gasteiger partial charge in [-0.25, -0.2) is 0 Å². The lowest BCUT2D eigenvalue weighted by Crippen LogP contribution is -2.13. The lowest BCUT2D eigenvalue weighted by molar-refractivity contribution is -0.141. The van der Waals surface area contributed by atoms with Crippen molar-refractivity contribution in [3.05, 3.63) is 23.8 Å². The van der Waals surface area contributed by atoms with Gasteiger partial charge < -0.3 is 10.5 Å². The zero-order valence-corrected chi connectivity index (χ0v) is 12.6. The molecule has 0 spiro atoms. The Morgan fingerprint density at radius 3 is 2.65 bits per heavy atom. The number of nitrogens with two attached hydrogens (primary N) is 1. The van der Waals surface area contributed by atoms with Crippen molar-refractivity contribution in [1.82, 2.24) is 0 Å². The standard InChI is InChI=1S/C15H19NO3S/c1-10(17)12-7-11(3-4-13(12)16)20-9-15(5-6-15)8-14(18)19-2/h3-4,7H,5-6,8-9,16H2,1-2H3. The first-order valence-electron chi connectivity index (χ1n) is 6.56. The van der Waals surface area contributed by atoms with Gasteiger partial charge >= 0.3 is 5.97 Å². The topological polar surface area (TPSA) is 69.4 Å². The molecule has 1 aromatic carbocycles. The van der Waals surface area contributed by atoms with E-state index >= 15 is 0 Å². The summed E-state index contributed by atoms with van der Waals surface area (Å²) >= 11 is 1.67. The number of hydrogen-bond acceptors (Lipinski definition) is 5. The largest absolute Gasteiger partial charge is 0.469 e. The Kier molecular flexibility index (Phi) is 4.38. The lowest BCUT2D eigenvalue weighted by Gasteiger charge is -2.13. The quantitative estimate of drug-likeness (QED) is 0.378. The summed E-state index contributed by atoms with van der Waals surface area (Å²) in [4.78, 5) is 23.9. The molecule has 20 heavy (non-hydrogen) atoms. The van der Waals surface area contributed by atoms with Crippen LogP contribution in [0, 0.1) is 5.41 Å². The molecule has 0 unspecified atom stereocenters. The summed E-state index contributed by atoms with van der Waals surface area (Å²) in [6.07, 6.45) is 2.60. The van der Waals surface area contributed by atoms with Crippen LogP contribution in [-0.2, 0) is 9.53 Å². The Labute approximate surface area is 123 Å². The first-order chi connectivity index (χ1) is 9.46. The SMILES string of the molecule is COC(=O)CC1(CSc2ccc(N)c(C(C)=O)c2)CC1. The molecule has 1 saturated carbocycles. The summed E-state index contributed by atoms with van der Waals surface area (Å²) in [6.45, 7) is 1.51. The van der Waals surface area contributed by atoms with Crippen LogP contribution in [0.15, 0.2) is 23.1 Å². The Balaban J connectivity index is 1.99. The van der Waals surface area contributed by atoms with Crippen molar-refractivity contribution in [2.75, 3.05) is 18.6 Å². The van der Waals surface area contributed by atoms with Gasteiger partial charge in [0.15, 0.2) is 5.78 Å². The average molecular weight is 293 g/mol. The maximum Gasteiger partial charge on any atom is 0.306 e. The number of ether oxygens (including phenoxy) is 1. The smallest absolute Gasteiger partial charge is 0.306 e. The van der Waals surface area contributed by atoms with Gasteiger partial charge in [-0.15, -0.1) is 11.8 Å². The second-order valence-electron chi connectivity index (χ2n) is 5.35. The highest BCUT2D eigenvalue weighted by molar-refractivity contribution is 7.99. The molecule has 2 N–H and O–H groups in total. The number of rotatable bonds is 6. The van der Waals surface area contributed by atoms with E-state index in [4.69, 9.17) is 10.5 Å². The fourth-order valence-electron chi connectivity index (χ4n) is 2.09. The van der Waals surface area contributed by atoms with Gasteiger partial charge in [0.1, 0.15) is 0 Å². The Bertz CT molecular complexity index is 538. The minimum absolute atomic E-state index is 0.0272. The van der Waals surface area contributed by atoms with Crippen molar-refractivity contribution in [2.45, 2.75) is 31.1 Å². The summed E-state index contributed by atoms with van der Waals surface area (Å²) < 4.78 is 4.74. The molecule has 1 aromatic rings. The second-order valence-corrected chi connectivity index (χ2v) is 6.40. The third-order valence-electron chi connectivity index (χ3n) is 3.65. The zero-order valence-electron chi connectivity index (χ0n) is 11.8. The molecular weight excluding hydrogens is 274 g/mol. The highest BCUT2D eigenvalue weighted by atomic mass is 32.2. The molecule has 5 heteroatoms. The molecule has 0 heterocycles. The number of carbonyl (C=O) groups excluding carboxylic acids is 2. The third kappa shape index (κ3) is 3.54. The summed E-state index contributed by atoms with van der Waals surface area (Å²) in [7, 11) is 1.42. The number of nitrogen functional groups attached to an aromatic ring is 1. The minimum Gasteiger partial charge on any atom is -0.469 e. The van der Waals surface area contributed by atoms with Gasteiger partial charge in [0.05, 0.1) is 13.5 Å². The first-order valence-corrected chi connectivity index (χ1v) is 7.54. The van der Waals surface area contributed by atoms with E-state index in [1.54, 1.807) is 17.8 Å². The van der Waals surface area contributed by atoms with Crippen LogP contribution in [0.25, 0.3) is 0 Å². The van der Waals surface area contributed by atoms with Crippen molar-refractivity contribution in [3.63, 3.8) is 0 Å². The van der Waals surface area contributed by atoms with Crippen LogP contribution in [0.5, 0.6) is 0 Å². The first kappa shape index (κ1) is 14.9. The van der Waals surface area contributed by atoms with Crippen LogP contribution in [0.3, 0.4) is 0 Å². The van der Waals surface area contributed by atoms with Crippen molar-refractivity contribution >= 4 is 29.2 Å². The Hall–Kier alpha value is -1.49. The molecule has 1 aliphatic rings. The highest BCUT2D eigenvalue weighted by Gasteiger charge is 2.44. The van der Waals surface area contributed by atoms with Gasteiger partial charge in [-0.3, -0.25) is 9.59 Å². The van der Waals surface area contributed by atoms with Crippen molar-refractivity contribution in [1.29, 1.82) is 0 Å². The molecule has 0 radical (unpaired) electrons. The normalized spacial score (nSPS) is 15.7. The lowest BCUT2D eigenvalue weighted by atomic mass is 10.1. The van der Waals surface area contributed by atoms with Crippen molar-refractivity contribution < 1.29 is 14.3 Å². The number of benzene rings is 1. The van der Waals surface area contributed by atoms with E-state index in [9.17, 15) is 9.59 Å². The van der Waals surface area contributed by atoms with Crippen LogP contribution in [0.2, 0.25) is 0 Å². The van der Waals surface area contributed by atoms with E-state index in [2.05, 4.69) is 0 Å². The Morgan fingerprint density at radius 2 is 2.10 bits per heavy atom. The van der Waals surface area contributed by atoms with Crippen LogP contribution >= 0.6 is 11.8 Å². The molecular formula is C15H19NO3S. The molecule has 0 amide bonds. The van der Waals surface area contributed by atoms with Gasteiger partial charge in [-0.1, -0.05) is 0 Å². The third-order valence-corrected chi connectivity index (χ3v) is 5.00. The van der Waals surface area contributed by atoms with E-state index in [0.29, 0.717) is 17.7 Å². The monoisotopic (exact) mass is 293 g/mol. The number of methoxy groups -OCH3 is 1. The molecule has 0 aromatic heterocycles. The number of anilines is 1. The van der Waals surface area contributed by atoms with E-state index in [1.807, 2.05) is 12.1 Å². The van der Waals surface area contributed by atoms with Gasteiger partial charge in [0.25, 0.3) is 0 Å². The molecule has 1 fully saturated rings. The van der Waals surface area contributed by atoms with Gasteiger partial charge in [-0.05, 0) is 43.4 Å². The Morgan fingerprint density at radius 1 is 1.40 bits per heavy atom. The summed E-state index contributed by atoms with van der Waals surface area (Å²) in [6, 6.07) is 5.51. The van der Waals surface area contributed by atoms with E-state index < -0.39 is 0 Å². The molecule has 0 bridgehead atoms. The summed E-state index contributed by atoms with van der Waals surface area (Å²) in [5.41, 5.74) is 6.93. The van der Waals surface area contributed by atoms with Gasteiger partial charge in [0, 0.05) is 21.9 Å². The van der Waals surface area contributed by atoms with E-state index in [0.717, 1.165) is 23.5 Å². The van der Waals surface area contributed by atoms with E-state index in [1.165, 1.54) is 14.0 Å².